The average Bonchev–Trinajstić information content (AvgIpc) is 2.54. The van der Waals surface area contributed by atoms with E-state index in [1.165, 1.54) is 0 Å². The standard InChI is InChI=1S/C13H12ClN5O5/c14-7-1-3-8(4-2-7)16-13-15-5-10(19(23)24)11(18-13)17-9(6-20)12(21)22/h1-5,9,20H,6H2,(H,21,22)(H2,15,16,17,18)/t9-/m1/s1. The highest BCUT2D eigenvalue weighted by Gasteiger charge is 2.23. The second-order valence-electron chi connectivity index (χ2n) is 4.53. The molecule has 0 radical (unpaired) electrons. The molecule has 0 bridgehead atoms. The predicted octanol–water partition coefficient (Wildman–Crippen LogP) is 1.64. The molecule has 126 valence electrons. The summed E-state index contributed by atoms with van der Waals surface area (Å²) in [5.74, 6) is -1.70. The van der Waals surface area contributed by atoms with E-state index in [0.717, 1.165) is 6.20 Å². The number of aromatic nitrogens is 2. The fraction of sp³-hybridized carbons (Fsp3) is 0.154. The second kappa shape index (κ2) is 7.53. The lowest BCUT2D eigenvalue weighted by Crippen LogP contribution is -2.33. The molecule has 2 rings (SSSR count). The van der Waals surface area contributed by atoms with Gasteiger partial charge in [0, 0.05) is 10.7 Å². The molecule has 1 aromatic carbocycles. The molecule has 0 spiro atoms. The first-order valence-corrected chi connectivity index (χ1v) is 6.92. The maximum absolute atomic E-state index is 11.0. The quantitative estimate of drug-likeness (QED) is 0.430. The van der Waals surface area contributed by atoms with Gasteiger partial charge in [0.15, 0.2) is 0 Å². The second-order valence-corrected chi connectivity index (χ2v) is 4.97. The number of nitrogens with zero attached hydrogens (tertiary/aromatic N) is 3. The van der Waals surface area contributed by atoms with E-state index >= 15 is 0 Å². The molecule has 1 aromatic heterocycles. The first kappa shape index (κ1) is 17.4. The number of carbonyl (C=O) groups is 1. The summed E-state index contributed by atoms with van der Waals surface area (Å²) in [4.78, 5) is 28.9. The molecule has 4 N–H and O–H groups in total. The van der Waals surface area contributed by atoms with Crippen LogP contribution in [0, 0.1) is 10.1 Å². The van der Waals surface area contributed by atoms with E-state index in [0.29, 0.717) is 10.7 Å². The van der Waals surface area contributed by atoms with E-state index < -0.39 is 29.2 Å². The van der Waals surface area contributed by atoms with Gasteiger partial charge in [-0.1, -0.05) is 11.6 Å². The van der Waals surface area contributed by atoms with Crippen LogP contribution in [0.2, 0.25) is 5.02 Å². The molecule has 0 saturated heterocycles. The molecule has 0 aliphatic carbocycles. The summed E-state index contributed by atoms with van der Waals surface area (Å²) in [5.41, 5.74) is 0.0625. The number of benzene rings is 1. The lowest BCUT2D eigenvalue weighted by atomic mass is 10.3. The van der Waals surface area contributed by atoms with Gasteiger partial charge in [-0.3, -0.25) is 10.1 Å². The number of carboxylic acids is 1. The number of nitro groups is 1. The number of aliphatic hydroxyl groups excluding tert-OH is 1. The lowest BCUT2D eigenvalue weighted by Gasteiger charge is -2.13. The zero-order valence-electron chi connectivity index (χ0n) is 12.0. The number of hydrogen-bond donors (Lipinski definition) is 4. The van der Waals surface area contributed by atoms with Crippen molar-refractivity contribution in [2.75, 3.05) is 17.2 Å². The van der Waals surface area contributed by atoms with Crippen LogP contribution in [0.4, 0.5) is 23.1 Å². The zero-order chi connectivity index (χ0) is 17.7. The van der Waals surface area contributed by atoms with Crippen LogP contribution in [-0.4, -0.2) is 43.7 Å². The van der Waals surface area contributed by atoms with Gasteiger partial charge in [-0.05, 0) is 24.3 Å². The molecule has 0 unspecified atom stereocenters. The summed E-state index contributed by atoms with van der Waals surface area (Å²) in [5, 5.41) is 34.6. The Morgan fingerprint density at radius 3 is 2.58 bits per heavy atom. The molecule has 1 atom stereocenters. The fourth-order valence-corrected chi connectivity index (χ4v) is 1.81. The number of aliphatic carboxylic acids is 1. The highest BCUT2D eigenvalue weighted by atomic mass is 35.5. The molecule has 24 heavy (non-hydrogen) atoms. The van der Waals surface area contributed by atoms with Crippen LogP contribution in [0.5, 0.6) is 0 Å². The van der Waals surface area contributed by atoms with Crippen LogP contribution in [0.25, 0.3) is 0 Å². The Balaban J connectivity index is 2.31. The average molecular weight is 354 g/mol. The summed E-state index contributed by atoms with van der Waals surface area (Å²) in [6, 6.07) is 5.10. The van der Waals surface area contributed by atoms with Crippen LogP contribution >= 0.6 is 11.6 Å². The Hall–Kier alpha value is -2.98. The van der Waals surface area contributed by atoms with Gasteiger partial charge in [-0.15, -0.1) is 0 Å². The molecule has 0 aliphatic heterocycles. The van der Waals surface area contributed by atoms with E-state index in [1.54, 1.807) is 24.3 Å². The van der Waals surface area contributed by atoms with E-state index in [1.807, 2.05) is 0 Å². The van der Waals surface area contributed by atoms with Crippen molar-refractivity contribution in [2.45, 2.75) is 6.04 Å². The summed E-state index contributed by atoms with van der Waals surface area (Å²) in [6.07, 6.45) is 0.934. The molecule has 0 saturated carbocycles. The molecule has 0 aliphatic rings. The molecule has 0 amide bonds. The van der Waals surface area contributed by atoms with Gasteiger partial charge in [-0.2, -0.15) is 4.98 Å². The van der Waals surface area contributed by atoms with E-state index in [2.05, 4.69) is 20.6 Å². The number of halogens is 1. The van der Waals surface area contributed by atoms with E-state index in [4.69, 9.17) is 21.8 Å². The number of nitrogens with one attached hydrogen (secondary N) is 2. The topological polar surface area (TPSA) is 151 Å². The number of hydrogen-bond acceptors (Lipinski definition) is 8. The number of carboxylic acid groups (broad SMARTS) is 1. The van der Waals surface area contributed by atoms with Gasteiger partial charge in [0.05, 0.1) is 11.5 Å². The molecule has 1 heterocycles. The van der Waals surface area contributed by atoms with Crippen molar-refractivity contribution in [3.05, 3.63) is 45.6 Å². The highest BCUT2D eigenvalue weighted by Crippen LogP contribution is 2.24. The van der Waals surface area contributed by atoms with Crippen molar-refractivity contribution >= 4 is 40.7 Å². The lowest BCUT2D eigenvalue weighted by molar-refractivity contribution is -0.384. The Bertz CT molecular complexity index is 755. The van der Waals surface area contributed by atoms with Crippen molar-refractivity contribution in [3.63, 3.8) is 0 Å². The van der Waals surface area contributed by atoms with Crippen LogP contribution < -0.4 is 10.6 Å². The summed E-state index contributed by atoms with van der Waals surface area (Å²) in [7, 11) is 0. The minimum Gasteiger partial charge on any atom is -0.480 e. The third-order valence-corrected chi connectivity index (χ3v) is 3.11. The Morgan fingerprint density at radius 1 is 1.38 bits per heavy atom. The molecule has 0 fully saturated rings. The van der Waals surface area contributed by atoms with Crippen LogP contribution in [0.1, 0.15) is 0 Å². The molecule has 11 heteroatoms. The van der Waals surface area contributed by atoms with Gasteiger partial charge in [-0.25, -0.2) is 9.78 Å². The third kappa shape index (κ3) is 4.27. The first-order valence-electron chi connectivity index (χ1n) is 6.55. The third-order valence-electron chi connectivity index (χ3n) is 2.86. The van der Waals surface area contributed by atoms with Gasteiger partial charge in [0.25, 0.3) is 0 Å². The number of aliphatic hydroxyl groups is 1. The van der Waals surface area contributed by atoms with Gasteiger partial charge in [0.1, 0.15) is 12.2 Å². The summed E-state index contributed by atoms with van der Waals surface area (Å²) in [6.45, 7) is -0.767. The van der Waals surface area contributed by atoms with Crippen molar-refractivity contribution in [1.29, 1.82) is 0 Å². The van der Waals surface area contributed by atoms with Crippen molar-refractivity contribution in [1.82, 2.24) is 9.97 Å². The largest absolute Gasteiger partial charge is 0.480 e. The van der Waals surface area contributed by atoms with Gasteiger partial charge >= 0.3 is 11.7 Å². The molecular weight excluding hydrogens is 342 g/mol. The minimum atomic E-state index is -1.44. The SMILES string of the molecule is O=C(O)[C@@H](CO)Nc1nc(Nc2ccc(Cl)cc2)ncc1[N+](=O)[O-]. The van der Waals surface area contributed by atoms with Crippen LogP contribution in [0.3, 0.4) is 0 Å². The Morgan fingerprint density at radius 2 is 2.04 bits per heavy atom. The van der Waals surface area contributed by atoms with Crippen LogP contribution in [0.15, 0.2) is 30.5 Å². The maximum Gasteiger partial charge on any atom is 0.329 e. The molecule has 10 nitrogen and oxygen atoms in total. The monoisotopic (exact) mass is 353 g/mol. The smallest absolute Gasteiger partial charge is 0.329 e. The highest BCUT2D eigenvalue weighted by molar-refractivity contribution is 6.30. The molecule has 2 aromatic rings. The van der Waals surface area contributed by atoms with Crippen molar-refractivity contribution in [2.24, 2.45) is 0 Å². The zero-order valence-corrected chi connectivity index (χ0v) is 12.8. The fourth-order valence-electron chi connectivity index (χ4n) is 1.69. The van der Waals surface area contributed by atoms with Gasteiger partial charge in [0.2, 0.25) is 11.8 Å². The van der Waals surface area contributed by atoms with Crippen molar-refractivity contribution < 1.29 is 19.9 Å². The first-order chi connectivity index (χ1) is 11.4. The normalized spacial score (nSPS) is 11.6. The molecular formula is C13H12ClN5O5. The van der Waals surface area contributed by atoms with Gasteiger partial charge < -0.3 is 20.8 Å². The summed E-state index contributed by atoms with van der Waals surface area (Å²) < 4.78 is 0. The Kier molecular flexibility index (Phi) is 5.45. The summed E-state index contributed by atoms with van der Waals surface area (Å²) >= 11 is 5.78. The maximum atomic E-state index is 11.0. The van der Waals surface area contributed by atoms with Crippen molar-refractivity contribution in [3.8, 4) is 0 Å². The Labute approximate surface area is 140 Å². The van der Waals surface area contributed by atoms with E-state index in [9.17, 15) is 14.9 Å². The predicted molar refractivity (Wildman–Crippen MR) is 85.6 cm³/mol. The minimum absolute atomic E-state index is 0.00695. The van der Waals surface area contributed by atoms with E-state index in [-0.39, 0.29) is 11.8 Å². The van der Waals surface area contributed by atoms with Crippen LogP contribution in [-0.2, 0) is 4.79 Å². The number of anilines is 3. The number of rotatable bonds is 7.